The summed E-state index contributed by atoms with van der Waals surface area (Å²) in [4.78, 5) is 72.5. The van der Waals surface area contributed by atoms with E-state index < -0.39 is 65.7 Å². The number of hydrogen-bond donors (Lipinski definition) is 9. The molecule has 5 atom stereocenters. The van der Waals surface area contributed by atoms with E-state index >= 15 is 0 Å². The van der Waals surface area contributed by atoms with Crippen molar-refractivity contribution in [2.45, 2.75) is 89.5 Å². The Morgan fingerprint density at radius 1 is 0.658 bits per heavy atom. The van der Waals surface area contributed by atoms with Gasteiger partial charge in [0.1, 0.15) is 24.2 Å². The lowest BCUT2D eigenvalue weighted by molar-refractivity contribution is -0.142. The molecule has 0 aliphatic carbocycles. The summed E-state index contributed by atoms with van der Waals surface area (Å²) in [5.74, 6) is -4.38. The molecule has 0 aromatic rings. The second kappa shape index (κ2) is 18.9. The first-order valence-corrected chi connectivity index (χ1v) is 12.7. The average Bonchev–Trinajstić information content (AvgIpc) is 2.86. The van der Waals surface area contributed by atoms with Crippen LogP contribution in [0.4, 0.5) is 0 Å². The smallest absolute Gasteiger partial charge is 0.326 e. The lowest BCUT2D eigenvalue weighted by atomic mass is 10.1. The highest BCUT2D eigenvalue weighted by Gasteiger charge is 2.26. The number of amides is 5. The molecule has 0 aliphatic rings. The molecular formula is C23H44N8O7. The second-order valence-electron chi connectivity index (χ2n) is 9.04. The maximum atomic E-state index is 12.4. The Kier molecular flexibility index (Phi) is 17.2. The van der Waals surface area contributed by atoms with E-state index in [1.807, 2.05) is 0 Å². The molecule has 38 heavy (non-hydrogen) atoms. The highest BCUT2D eigenvalue weighted by atomic mass is 16.4. The molecule has 0 heterocycles. The molecule has 5 amide bonds. The zero-order valence-electron chi connectivity index (χ0n) is 22.4. The van der Waals surface area contributed by atoms with Crippen molar-refractivity contribution >= 4 is 35.5 Å². The second-order valence-corrected chi connectivity index (χ2v) is 9.04. The number of carboxylic acid groups (broad SMARTS) is 1. The fraction of sp³-hybridized carbons (Fsp3) is 0.739. The number of unbranched alkanes of at least 4 members (excludes halogenated alkanes) is 2. The minimum Gasteiger partial charge on any atom is -0.480 e. The third-order valence-electron chi connectivity index (χ3n) is 5.57. The van der Waals surface area contributed by atoms with Gasteiger partial charge in [-0.1, -0.05) is 6.42 Å². The van der Waals surface area contributed by atoms with Gasteiger partial charge < -0.3 is 48.9 Å². The van der Waals surface area contributed by atoms with Gasteiger partial charge in [-0.25, -0.2) is 4.79 Å². The van der Waals surface area contributed by atoms with Crippen molar-refractivity contribution in [1.82, 2.24) is 26.6 Å². The Bertz CT molecular complexity index is 811. The molecule has 12 N–H and O–H groups in total. The number of rotatable bonds is 19. The van der Waals surface area contributed by atoms with Crippen molar-refractivity contribution in [3.63, 3.8) is 0 Å². The van der Waals surface area contributed by atoms with Crippen LogP contribution in [0, 0.1) is 0 Å². The van der Waals surface area contributed by atoms with Crippen molar-refractivity contribution in [2.24, 2.45) is 17.2 Å². The molecule has 0 saturated carbocycles. The normalized spacial score (nSPS) is 14.7. The quantitative estimate of drug-likeness (QED) is 0.0734. The van der Waals surface area contributed by atoms with E-state index in [1.54, 1.807) is 0 Å². The Hall–Kier alpha value is -3.30. The van der Waals surface area contributed by atoms with Crippen molar-refractivity contribution in [3.05, 3.63) is 0 Å². The summed E-state index contributed by atoms with van der Waals surface area (Å²) < 4.78 is 0. The molecule has 0 rings (SSSR count). The number of carboxylic acids is 1. The van der Waals surface area contributed by atoms with Crippen LogP contribution < -0.4 is 43.8 Å². The molecule has 15 heteroatoms. The predicted molar refractivity (Wildman–Crippen MR) is 139 cm³/mol. The summed E-state index contributed by atoms with van der Waals surface area (Å²) in [5, 5.41) is 21.3. The minimum atomic E-state index is -1.20. The van der Waals surface area contributed by atoms with Crippen LogP contribution in [-0.2, 0) is 28.8 Å². The van der Waals surface area contributed by atoms with Crippen molar-refractivity contribution in [2.75, 3.05) is 19.6 Å². The zero-order chi connectivity index (χ0) is 29.3. The summed E-state index contributed by atoms with van der Waals surface area (Å²) in [6.45, 7) is 4.67. The van der Waals surface area contributed by atoms with Crippen LogP contribution in [-0.4, -0.2) is 90.5 Å². The van der Waals surface area contributed by atoms with Crippen LogP contribution in [0.25, 0.3) is 0 Å². The topological polar surface area (TPSA) is 261 Å². The largest absolute Gasteiger partial charge is 0.480 e. The van der Waals surface area contributed by atoms with Gasteiger partial charge in [-0.15, -0.1) is 0 Å². The van der Waals surface area contributed by atoms with Crippen molar-refractivity contribution < 1.29 is 33.9 Å². The highest BCUT2D eigenvalue weighted by molar-refractivity contribution is 5.95. The minimum absolute atomic E-state index is 0.195. The third-order valence-corrected chi connectivity index (χ3v) is 5.57. The summed E-state index contributed by atoms with van der Waals surface area (Å²) in [5.41, 5.74) is 16.5. The molecule has 0 saturated heterocycles. The highest BCUT2D eigenvalue weighted by Crippen LogP contribution is 2.02. The van der Waals surface area contributed by atoms with Crippen molar-refractivity contribution in [1.29, 1.82) is 0 Å². The van der Waals surface area contributed by atoms with Crippen LogP contribution in [0.3, 0.4) is 0 Å². The molecule has 0 radical (unpaired) electrons. The average molecular weight is 545 g/mol. The lowest BCUT2D eigenvalue weighted by Crippen LogP contribution is -2.56. The predicted octanol–water partition coefficient (Wildman–Crippen LogP) is -3.23. The zero-order valence-corrected chi connectivity index (χ0v) is 22.4. The summed E-state index contributed by atoms with van der Waals surface area (Å²) in [6, 6.07) is -5.06. The fourth-order valence-electron chi connectivity index (χ4n) is 3.15. The molecule has 0 bridgehead atoms. The molecule has 5 unspecified atom stereocenters. The first-order chi connectivity index (χ1) is 17.8. The fourth-order valence-corrected chi connectivity index (χ4v) is 3.15. The maximum Gasteiger partial charge on any atom is 0.326 e. The van der Waals surface area contributed by atoms with Crippen molar-refractivity contribution in [3.8, 4) is 0 Å². The summed E-state index contributed by atoms with van der Waals surface area (Å²) in [6.07, 6.45) is 3.17. The van der Waals surface area contributed by atoms with Gasteiger partial charge in [-0.05, 0) is 66.0 Å². The van der Waals surface area contributed by atoms with Crippen LogP contribution in [0.5, 0.6) is 0 Å². The first-order valence-electron chi connectivity index (χ1n) is 12.7. The summed E-state index contributed by atoms with van der Waals surface area (Å²) >= 11 is 0. The Labute approximate surface area is 222 Å². The number of nitrogens with two attached hydrogens (primary N) is 3. The summed E-state index contributed by atoms with van der Waals surface area (Å²) in [7, 11) is 0. The van der Waals surface area contributed by atoms with Gasteiger partial charge in [0, 0.05) is 0 Å². The number of carbonyl (C=O) groups is 6. The Morgan fingerprint density at radius 3 is 1.58 bits per heavy atom. The molecular weight excluding hydrogens is 500 g/mol. The van der Waals surface area contributed by atoms with Gasteiger partial charge in [0.15, 0.2) is 0 Å². The standard InChI is InChI=1S/C23H44N8O7/c1-13(28-18(32)12-27-22(36)16(26)8-4-6-10-24)19(33)29-14(2)20(34)30-15(3)21(35)31-17(23(37)38)9-5-7-11-25/h13-17H,4-12,24-26H2,1-3H3,(H,27,36)(H,28,32)(H,29,33)(H,30,34)(H,31,35)(H,37,38). The molecule has 0 aromatic heterocycles. The van der Waals surface area contributed by atoms with Crippen LogP contribution in [0.1, 0.15) is 59.3 Å². The van der Waals surface area contributed by atoms with Gasteiger partial charge in [0.05, 0.1) is 12.6 Å². The lowest BCUT2D eigenvalue weighted by Gasteiger charge is -2.22. The van der Waals surface area contributed by atoms with Gasteiger partial charge in [-0.2, -0.15) is 0 Å². The molecule has 218 valence electrons. The SMILES string of the molecule is CC(NC(=O)CNC(=O)C(N)CCCCN)C(=O)NC(C)C(=O)NC(C)C(=O)NC(CCCCN)C(=O)O. The van der Waals surface area contributed by atoms with E-state index in [9.17, 15) is 33.9 Å². The van der Waals surface area contributed by atoms with Gasteiger partial charge in [-0.3, -0.25) is 24.0 Å². The van der Waals surface area contributed by atoms with E-state index in [4.69, 9.17) is 17.2 Å². The van der Waals surface area contributed by atoms with Gasteiger partial charge >= 0.3 is 5.97 Å². The van der Waals surface area contributed by atoms with E-state index in [-0.39, 0.29) is 13.0 Å². The molecule has 0 aliphatic heterocycles. The number of carbonyl (C=O) groups excluding carboxylic acids is 5. The Balaban J connectivity index is 4.57. The molecule has 15 nitrogen and oxygen atoms in total. The number of aliphatic carboxylic acids is 1. The van der Waals surface area contributed by atoms with Crippen LogP contribution in [0.15, 0.2) is 0 Å². The third kappa shape index (κ3) is 14.4. The van der Waals surface area contributed by atoms with E-state index in [0.717, 1.165) is 6.42 Å². The maximum absolute atomic E-state index is 12.4. The first kappa shape index (κ1) is 34.7. The molecule has 0 aromatic carbocycles. The molecule has 0 spiro atoms. The van der Waals surface area contributed by atoms with E-state index in [1.165, 1.54) is 20.8 Å². The molecule has 0 fully saturated rings. The van der Waals surface area contributed by atoms with E-state index in [2.05, 4.69) is 26.6 Å². The monoisotopic (exact) mass is 544 g/mol. The van der Waals surface area contributed by atoms with Crippen LogP contribution >= 0.6 is 0 Å². The van der Waals surface area contributed by atoms with Crippen LogP contribution in [0.2, 0.25) is 0 Å². The Morgan fingerprint density at radius 2 is 1.11 bits per heavy atom. The number of nitrogens with one attached hydrogen (secondary N) is 5. The number of hydrogen-bond acceptors (Lipinski definition) is 9. The van der Waals surface area contributed by atoms with Gasteiger partial charge in [0.25, 0.3) is 0 Å². The van der Waals surface area contributed by atoms with Gasteiger partial charge in [0.2, 0.25) is 29.5 Å². The van der Waals surface area contributed by atoms with E-state index in [0.29, 0.717) is 38.8 Å².